The Morgan fingerprint density at radius 1 is 1.33 bits per heavy atom. The van der Waals surface area contributed by atoms with Crippen molar-refractivity contribution in [1.29, 1.82) is 0 Å². The van der Waals surface area contributed by atoms with E-state index in [0.29, 0.717) is 13.2 Å². The van der Waals surface area contributed by atoms with E-state index in [4.69, 9.17) is 9.47 Å². The Hall–Kier alpha value is -2.14. The normalized spacial score (nSPS) is 33.2. The highest BCUT2D eigenvalue weighted by Crippen LogP contribution is 2.52. The van der Waals surface area contributed by atoms with Gasteiger partial charge in [-0.15, -0.1) is 0 Å². The fourth-order valence-corrected chi connectivity index (χ4v) is 4.14. The van der Waals surface area contributed by atoms with Gasteiger partial charge >= 0.3 is 5.97 Å². The molecule has 0 aliphatic carbocycles. The molecule has 0 aromatic heterocycles. The molecule has 5 heteroatoms. The molecule has 0 radical (unpaired) electrons. The number of rotatable bonds is 4. The number of anilines is 1. The minimum Gasteiger partial charge on any atom is -0.466 e. The van der Waals surface area contributed by atoms with Crippen LogP contribution in [0, 0.1) is 11.8 Å². The highest BCUT2D eigenvalue weighted by Gasteiger charge is 2.67. The van der Waals surface area contributed by atoms with E-state index in [0.717, 1.165) is 12.1 Å². The van der Waals surface area contributed by atoms with Gasteiger partial charge in [-0.25, -0.2) is 0 Å². The van der Waals surface area contributed by atoms with Crippen LogP contribution in [0.5, 0.6) is 0 Å². The smallest absolute Gasteiger partial charge is 0.312 e. The summed E-state index contributed by atoms with van der Waals surface area (Å²) >= 11 is 0. The first kappa shape index (κ1) is 15.4. The molecular formula is C19H21NO4. The third kappa shape index (κ3) is 2.04. The molecule has 0 unspecified atom stereocenters. The summed E-state index contributed by atoms with van der Waals surface area (Å²) in [6.45, 7) is 4.63. The second-order valence-corrected chi connectivity index (χ2v) is 6.60. The largest absolute Gasteiger partial charge is 0.466 e. The number of aryl methyl sites for hydroxylation is 1. The lowest BCUT2D eigenvalue weighted by Crippen LogP contribution is -2.40. The van der Waals surface area contributed by atoms with Gasteiger partial charge in [0.05, 0.1) is 25.2 Å². The SMILES string of the molecule is CCOC(=O)[C@H]1[C@@H]2C=C[C@@]3(CN(c4ccc(CC)cc4)C(=O)[C@@H]13)O2. The number of amides is 1. The fraction of sp³-hybridized carbons (Fsp3) is 0.474. The lowest BCUT2D eigenvalue weighted by Gasteiger charge is -2.22. The Balaban J connectivity index is 1.65. The van der Waals surface area contributed by atoms with Crippen molar-refractivity contribution in [3.8, 4) is 0 Å². The molecule has 3 aliphatic heterocycles. The van der Waals surface area contributed by atoms with E-state index in [-0.39, 0.29) is 18.0 Å². The average molecular weight is 327 g/mol. The molecule has 5 nitrogen and oxygen atoms in total. The summed E-state index contributed by atoms with van der Waals surface area (Å²) in [6.07, 6.45) is 4.47. The monoisotopic (exact) mass is 327 g/mol. The molecule has 2 fully saturated rings. The van der Waals surface area contributed by atoms with Crippen molar-refractivity contribution in [1.82, 2.24) is 0 Å². The van der Waals surface area contributed by atoms with Crippen molar-refractivity contribution in [3.63, 3.8) is 0 Å². The minimum absolute atomic E-state index is 0.0517. The number of benzene rings is 1. The van der Waals surface area contributed by atoms with Gasteiger partial charge in [0.1, 0.15) is 11.5 Å². The minimum atomic E-state index is -0.692. The van der Waals surface area contributed by atoms with E-state index >= 15 is 0 Å². The molecule has 126 valence electrons. The quantitative estimate of drug-likeness (QED) is 0.628. The summed E-state index contributed by atoms with van der Waals surface area (Å²) in [4.78, 5) is 27.1. The first-order chi connectivity index (χ1) is 11.6. The molecule has 3 heterocycles. The Kier molecular flexibility index (Phi) is 3.49. The fourth-order valence-electron chi connectivity index (χ4n) is 4.14. The predicted molar refractivity (Wildman–Crippen MR) is 88.5 cm³/mol. The first-order valence-electron chi connectivity index (χ1n) is 8.54. The van der Waals surface area contributed by atoms with Crippen molar-refractivity contribution in [2.24, 2.45) is 11.8 Å². The van der Waals surface area contributed by atoms with Gasteiger partial charge in [-0.05, 0) is 31.0 Å². The number of hydrogen-bond donors (Lipinski definition) is 0. The third-order valence-corrected chi connectivity index (χ3v) is 5.32. The molecule has 4 rings (SSSR count). The van der Waals surface area contributed by atoms with Gasteiger partial charge in [0.15, 0.2) is 0 Å². The Labute approximate surface area is 141 Å². The zero-order valence-corrected chi connectivity index (χ0v) is 13.9. The topological polar surface area (TPSA) is 55.8 Å². The Morgan fingerprint density at radius 3 is 2.75 bits per heavy atom. The van der Waals surface area contributed by atoms with E-state index in [9.17, 15) is 9.59 Å². The van der Waals surface area contributed by atoms with Crippen molar-refractivity contribution in [2.45, 2.75) is 32.0 Å². The van der Waals surface area contributed by atoms with Gasteiger partial charge in [-0.1, -0.05) is 31.2 Å². The summed E-state index contributed by atoms with van der Waals surface area (Å²) < 4.78 is 11.2. The summed E-state index contributed by atoms with van der Waals surface area (Å²) in [6, 6.07) is 7.99. The third-order valence-electron chi connectivity index (χ3n) is 5.32. The highest BCUT2D eigenvalue weighted by molar-refractivity contribution is 6.02. The predicted octanol–water partition coefficient (Wildman–Crippen LogP) is 2.10. The lowest BCUT2D eigenvalue weighted by molar-refractivity contribution is -0.151. The van der Waals surface area contributed by atoms with E-state index in [1.165, 1.54) is 5.56 Å². The summed E-state index contributed by atoms with van der Waals surface area (Å²) in [5.74, 6) is -1.42. The van der Waals surface area contributed by atoms with Crippen LogP contribution in [0.3, 0.4) is 0 Å². The zero-order valence-electron chi connectivity index (χ0n) is 13.9. The van der Waals surface area contributed by atoms with Crippen LogP contribution >= 0.6 is 0 Å². The van der Waals surface area contributed by atoms with Gasteiger partial charge in [0.25, 0.3) is 0 Å². The van der Waals surface area contributed by atoms with Gasteiger partial charge < -0.3 is 14.4 Å². The van der Waals surface area contributed by atoms with E-state index < -0.39 is 17.4 Å². The Bertz CT molecular complexity index is 711. The van der Waals surface area contributed by atoms with Crippen LogP contribution in [0.1, 0.15) is 19.4 Å². The average Bonchev–Trinajstić information content (AvgIpc) is 3.23. The van der Waals surface area contributed by atoms with E-state index in [2.05, 4.69) is 6.92 Å². The molecule has 0 saturated carbocycles. The molecule has 4 atom stereocenters. The molecule has 2 saturated heterocycles. The standard InChI is InChI=1S/C19H21NO4/c1-3-12-5-7-13(8-6-12)20-11-19-10-9-14(24-19)15(16(19)17(20)21)18(22)23-4-2/h5-10,14-16H,3-4,11H2,1-2H3/t14-,15-,16+,19-/m0/s1. The van der Waals surface area contributed by atoms with Crippen LogP contribution in [0.15, 0.2) is 36.4 Å². The maximum Gasteiger partial charge on any atom is 0.312 e. The van der Waals surface area contributed by atoms with Crippen molar-refractivity contribution < 1.29 is 19.1 Å². The number of nitrogens with zero attached hydrogens (tertiary/aromatic N) is 1. The van der Waals surface area contributed by atoms with Crippen molar-refractivity contribution >= 4 is 17.6 Å². The molecule has 3 aliphatic rings. The van der Waals surface area contributed by atoms with Crippen LogP contribution < -0.4 is 4.90 Å². The number of carbonyl (C=O) groups excluding carboxylic acids is 2. The Morgan fingerprint density at radius 2 is 2.08 bits per heavy atom. The first-order valence-corrected chi connectivity index (χ1v) is 8.54. The number of fused-ring (bicyclic) bond motifs is 1. The molecule has 1 aromatic rings. The van der Waals surface area contributed by atoms with Crippen molar-refractivity contribution in [3.05, 3.63) is 42.0 Å². The lowest BCUT2D eigenvalue weighted by atomic mass is 9.77. The molecule has 1 spiro atoms. The summed E-state index contributed by atoms with van der Waals surface area (Å²) in [7, 11) is 0. The van der Waals surface area contributed by atoms with Crippen LogP contribution in [-0.4, -0.2) is 36.7 Å². The molecule has 1 aromatic carbocycles. The second kappa shape index (κ2) is 5.45. The molecule has 1 amide bonds. The zero-order chi connectivity index (χ0) is 16.9. The molecule has 2 bridgehead atoms. The number of hydrogen-bond acceptors (Lipinski definition) is 4. The van der Waals surface area contributed by atoms with Crippen LogP contribution in [0.2, 0.25) is 0 Å². The second-order valence-electron chi connectivity index (χ2n) is 6.60. The maximum absolute atomic E-state index is 13.0. The van der Waals surface area contributed by atoms with E-state index in [1.54, 1.807) is 11.8 Å². The van der Waals surface area contributed by atoms with Gasteiger partial charge in [0, 0.05) is 5.69 Å². The van der Waals surface area contributed by atoms with Crippen LogP contribution in [0.4, 0.5) is 5.69 Å². The van der Waals surface area contributed by atoms with Gasteiger partial charge in [-0.2, -0.15) is 0 Å². The number of ether oxygens (including phenoxy) is 2. The molecule has 24 heavy (non-hydrogen) atoms. The van der Waals surface area contributed by atoms with Gasteiger partial charge in [0.2, 0.25) is 5.91 Å². The summed E-state index contributed by atoms with van der Waals surface area (Å²) in [5.41, 5.74) is 1.39. The summed E-state index contributed by atoms with van der Waals surface area (Å²) in [5, 5.41) is 0. The van der Waals surface area contributed by atoms with E-state index in [1.807, 2.05) is 36.4 Å². The van der Waals surface area contributed by atoms with Crippen LogP contribution in [-0.2, 0) is 25.5 Å². The van der Waals surface area contributed by atoms with Crippen LogP contribution in [0.25, 0.3) is 0 Å². The molecular weight excluding hydrogens is 306 g/mol. The van der Waals surface area contributed by atoms with Crippen molar-refractivity contribution in [2.75, 3.05) is 18.1 Å². The highest BCUT2D eigenvalue weighted by atomic mass is 16.6. The number of esters is 1. The maximum atomic E-state index is 13.0. The van der Waals surface area contributed by atoms with Gasteiger partial charge in [-0.3, -0.25) is 9.59 Å². The molecule has 0 N–H and O–H groups in total. The number of carbonyl (C=O) groups is 2.